The van der Waals surface area contributed by atoms with E-state index in [1.807, 2.05) is 11.8 Å². The Hall–Kier alpha value is -4.86. The largest absolute Gasteiger partial charge is 0.166 e. The molecule has 0 bridgehead atoms. The predicted octanol–water partition coefficient (Wildman–Crippen LogP) is 12.9. The van der Waals surface area contributed by atoms with Gasteiger partial charge in [0.05, 0.1) is 32.7 Å². The molecule has 0 aromatic heterocycles. The van der Waals surface area contributed by atoms with E-state index in [4.69, 9.17) is 0 Å². The van der Waals surface area contributed by atoms with Gasteiger partial charge in [0.1, 0.15) is 0 Å². The van der Waals surface area contributed by atoms with E-state index in [-0.39, 0.29) is 46.8 Å². The van der Waals surface area contributed by atoms with Crippen LogP contribution in [-0.4, -0.2) is 60.9 Å². The van der Waals surface area contributed by atoms with Crippen molar-refractivity contribution in [2.75, 3.05) is 0 Å². The summed E-state index contributed by atoms with van der Waals surface area (Å²) in [4.78, 5) is 17.1. The zero-order valence-corrected chi connectivity index (χ0v) is 55.9. The molecule has 86 heavy (non-hydrogen) atoms. The minimum absolute atomic E-state index is 0. The standard InChI is InChI=1S/C36H28S3.C24H19S2.18FH.3Sb.H/c1-5-13-31(14-6-1)38(32-15-7-2-8-16-32)35-25-21-29(22-26-35)37-30-23-27-36(28-24-30)39(33-17-9-3-10-18-33)34-19-11-4-12-20-34;1-4-10-20(11-5-1)25-21-16-18-24(19-17-21)26(22-12-6-2-7-13-22)23-14-8-3-9-15-23;;;;;;;;;;;;;;;;;;;;;;/h1-28H;1-19H;18*1H;;;;/q+2;+1;;;;;;;;;;;;;;;;;;;+4;2*+5;/p-18. The monoisotopic (exact) mass is 1630 g/mol. The summed E-state index contributed by atoms with van der Waals surface area (Å²) < 4.78 is 149. The first-order valence-corrected chi connectivity index (χ1v) is 44.5. The van der Waals surface area contributed by atoms with Gasteiger partial charge in [-0.25, -0.2) is 0 Å². The van der Waals surface area contributed by atoms with Crippen molar-refractivity contribution in [3.05, 3.63) is 285 Å². The predicted molar refractivity (Wildman–Crippen MR) is 314 cm³/mol. The maximum absolute atomic E-state index is 9.92. The summed E-state index contributed by atoms with van der Waals surface area (Å²) in [5.41, 5.74) is 0. The van der Waals surface area contributed by atoms with Gasteiger partial charge in [-0.05, 0) is 158 Å². The van der Waals surface area contributed by atoms with Crippen molar-refractivity contribution >= 4 is 117 Å². The number of hydrogen-bond donors (Lipinski definition) is 0. The third-order valence-electron chi connectivity index (χ3n) is 10.3. The van der Waals surface area contributed by atoms with Crippen molar-refractivity contribution in [3.63, 3.8) is 0 Å². The zero-order valence-electron chi connectivity index (χ0n) is 43.9. The molecule has 0 saturated heterocycles. The summed E-state index contributed by atoms with van der Waals surface area (Å²) in [6.45, 7) is 0. The van der Waals surface area contributed by atoms with E-state index in [0.717, 1.165) is 0 Å². The van der Waals surface area contributed by atoms with Crippen LogP contribution in [0.25, 0.3) is 0 Å². The molecule has 0 aliphatic rings. The van der Waals surface area contributed by atoms with E-state index in [9.17, 15) is 42.2 Å². The van der Waals surface area contributed by atoms with Crippen molar-refractivity contribution in [1.29, 1.82) is 0 Å². The first kappa shape index (κ1) is 75.4. The third-order valence-corrected chi connectivity index (χ3v) is 19.0. The number of rotatable bonds is 13. The molecular weight excluding hydrogens is 1590 g/mol. The van der Waals surface area contributed by atoms with Gasteiger partial charge in [-0.3, -0.25) is 0 Å². The van der Waals surface area contributed by atoms with Crippen molar-refractivity contribution in [1.82, 2.24) is 0 Å². The van der Waals surface area contributed by atoms with Crippen LogP contribution in [0.1, 0.15) is 0 Å². The summed E-state index contributed by atoms with van der Waals surface area (Å²) in [5, 5.41) is 0. The first-order valence-electron chi connectivity index (χ1n) is 24.1. The minimum atomic E-state index is -9.26. The molecular formula is C60H48F18S5Sb3-. The Morgan fingerprint density at radius 1 is 0.209 bits per heavy atom. The molecule has 10 aromatic carbocycles. The van der Waals surface area contributed by atoms with Crippen molar-refractivity contribution < 1.29 is 56.3 Å². The number of hydrogen-bond acceptors (Lipinski definition) is 2. The Labute approximate surface area is 517 Å². The molecule has 0 saturated carbocycles. The van der Waals surface area contributed by atoms with E-state index >= 15 is 0 Å². The van der Waals surface area contributed by atoms with Gasteiger partial charge in [0, 0.05) is 19.6 Å². The molecule has 10 rings (SSSR count). The quantitative estimate of drug-likeness (QED) is 0.0641. The molecule has 0 atom stereocenters. The smallest absolute Gasteiger partial charge is 0.0901 e. The Balaban J connectivity index is 0.000000354. The second kappa shape index (κ2) is 33.6. The third kappa shape index (κ3) is 30.9. The number of benzene rings is 10. The molecule has 0 heterocycles. The fourth-order valence-corrected chi connectivity index (χ4v) is 15.2. The maximum Gasteiger partial charge on any atom is 0.166 e. The van der Waals surface area contributed by atoms with Crippen LogP contribution < -0.4 is 14.1 Å². The summed E-state index contributed by atoms with van der Waals surface area (Å²) in [6.07, 6.45) is 0. The molecule has 0 spiro atoms. The normalized spacial score (nSPS) is 12.3. The van der Waals surface area contributed by atoms with Crippen molar-refractivity contribution in [2.24, 2.45) is 0 Å². The van der Waals surface area contributed by atoms with E-state index < -0.39 is 60.9 Å². The van der Waals surface area contributed by atoms with Gasteiger partial charge in [-0.1, -0.05) is 151 Å². The Morgan fingerprint density at radius 2 is 0.326 bits per heavy atom. The van der Waals surface area contributed by atoms with Gasteiger partial charge >= 0.3 is 103 Å². The average molecular weight is 1640 g/mol. The van der Waals surface area contributed by atoms with Crippen LogP contribution in [0.3, 0.4) is 0 Å². The van der Waals surface area contributed by atoms with Crippen LogP contribution in [0.2, 0.25) is 0 Å². The van der Waals surface area contributed by atoms with E-state index in [1.165, 1.54) is 63.6 Å². The molecule has 10 aromatic rings. The SMILES string of the molecule is [F-].[F-].[F-].[F][SbH-]([F])([F])([F])[F].[F][Sb]([F])([F])([F])[F].[F][Sb]([F])([F])([F])[F].c1ccc(Sc2ccc([S+](c3ccccc3)c3ccccc3)cc2)cc1.c1ccc([S+](c2ccccc2)c2ccc(Sc3ccc([S+](c4ccccc4)c4ccccc4)cc3)cc2)cc1. The van der Waals surface area contributed by atoms with Crippen LogP contribution in [0.5, 0.6) is 0 Å². The molecule has 0 unspecified atom stereocenters. The summed E-state index contributed by atoms with van der Waals surface area (Å²) >= 11 is -24.0. The van der Waals surface area contributed by atoms with Crippen molar-refractivity contribution in [2.45, 2.75) is 63.6 Å². The van der Waals surface area contributed by atoms with Crippen LogP contribution in [0.15, 0.2) is 349 Å². The van der Waals surface area contributed by atoms with Gasteiger partial charge in [0.25, 0.3) is 0 Å². The van der Waals surface area contributed by atoms with Gasteiger partial charge in [-0.15, -0.1) is 0 Å². The Morgan fingerprint density at radius 3 is 0.477 bits per heavy atom. The average Bonchev–Trinajstić information content (AvgIpc) is 2.71. The molecule has 26 heteroatoms. The fraction of sp³-hybridized carbons (Fsp3) is 0. The van der Waals surface area contributed by atoms with Crippen LogP contribution in [-0.2, 0) is 32.7 Å². The minimum Gasteiger partial charge on any atom is -0.0901 e. The second-order valence-electron chi connectivity index (χ2n) is 16.7. The molecule has 0 aliphatic carbocycles. The topological polar surface area (TPSA) is 0 Å². The molecule has 0 fully saturated rings. The van der Waals surface area contributed by atoms with E-state index in [2.05, 4.69) is 285 Å². The maximum atomic E-state index is 9.92. The van der Waals surface area contributed by atoms with Gasteiger partial charge in [-0.2, -0.15) is 0 Å². The number of halogens is 18. The summed E-state index contributed by atoms with van der Waals surface area (Å²) in [7, 11) is -0.324. The summed E-state index contributed by atoms with van der Waals surface area (Å²) in [5.74, 6) is 0. The molecule has 0 nitrogen and oxygen atoms in total. The molecule has 0 aliphatic heterocycles. The second-order valence-corrected chi connectivity index (χ2v) is 36.5. The van der Waals surface area contributed by atoms with E-state index in [1.54, 1.807) is 11.8 Å². The van der Waals surface area contributed by atoms with Crippen LogP contribution in [0, 0.1) is 0 Å². The first-order chi connectivity index (χ1) is 39.0. The summed E-state index contributed by atoms with van der Waals surface area (Å²) in [6, 6.07) is 103. The van der Waals surface area contributed by atoms with E-state index in [0.29, 0.717) is 0 Å². The van der Waals surface area contributed by atoms with Crippen LogP contribution >= 0.6 is 23.5 Å². The van der Waals surface area contributed by atoms with Gasteiger partial charge < -0.3 is 14.1 Å². The Bertz CT molecular complexity index is 3160. The molecule has 460 valence electrons. The molecule has 0 amide bonds. The zero-order chi connectivity index (χ0) is 60.2. The fourth-order valence-electron chi connectivity index (χ4n) is 7.26. The Kier molecular flexibility index (Phi) is 29.5. The molecule has 0 radical (unpaired) electrons. The van der Waals surface area contributed by atoms with Gasteiger partial charge in [0.2, 0.25) is 0 Å². The molecule has 0 N–H and O–H groups in total. The van der Waals surface area contributed by atoms with Crippen LogP contribution in [0.4, 0.5) is 42.2 Å². The van der Waals surface area contributed by atoms with Gasteiger partial charge in [0.15, 0.2) is 44.1 Å². The van der Waals surface area contributed by atoms with Crippen molar-refractivity contribution in [3.8, 4) is 0 Å².